The number of hydrogen-bond acceptors (Lipinski definition) is 2. The first-order chi connectivity index (χ1) is 9.28. The lowest BCUT2D eigenvalue weighted by molar-refractivity contribution is 0.364. The average Bonchev–Trinajstić information content (AvgIpc) is 2.86. The lowest BCUT2D eigenvalue weighted by atomic mass is 9.90. The monoisotopic (exact) mass is 254 g/mol. The Morgan fingerprint density at radius 2 is 1.89 bits per heavy atom. The third kappa shape index (κ3) is 2.51. The fourth-order valence-electron chi connectivity index (χ4n) is 3.46. The Kier molecular flexibility index (Phi) is 3.54. The Hall–Kier alpha value is -1.38. The molecule has 0 amide bonds. The molecule has 1 aliphatic rings. The van der Waals surface area contributed by atoms with E-state index in [-0.39, 0.29) is 6.04 Å². The molecular formula is C17H22N2. The third-order valence-corrected chi connectivity index (χ3v) is 4.52. The first kappa shape index (κ1) is 12.6. The molecule has 3 N–H and O–H groups in total. The third-order valence-electron chi connectivity index (χ3n) is 4.52. The minimum absolute atomic E-state index is 0.287. The van der Waals surface area contributed by atoms with Crippen LogP contribution in [0.5, 0.6) is 0 Å². The van der Waals surface area contributed by atoms with E-state index in [0.29, 0.717) is 5.92 Å². The summed E-state index contributed by atoms with van der Waals surface area (Å²) in [6.45, 7) is 2.34. The van der Waals surface area contributed by atoms with E-state index >= 15 is 0 Å². The Morgan fingerprint density at radius 3 is 2.58 bits per heavy atom. The maximum Gasteiger partial charge on any atom is 0.0488 e. The second-order valence-corrected chi connectivity index (χ2v) is 5.93. The smallest absolute Gasteiger partial charge is 0.0488 e. The van der Waals surface area contributed by atoms with Gasteiger partial charge in [0.1, 0.15) is 0 Å². The second kappa shape index (κ2) is 5.32. The lowest BCUT2D eigenvalue weighted by Crippen LogP contribution is -2.32. The molecule has 0 radical (unpaired) electrons. The summed E-state index contributed by atoms with van der Waals surface area (Å²) in [6.07, 6.45) is 3.89. The van der Waals surface area contributed by atoms with Crippen molar-refractivity contribution in [3.63, 3.8) is 0 Å². The molecule has 0 spiro atoms. The molecule has 100 valence electrons. The number of hydrazine groups is 1. The highest BCUT2D eigenvalue weighted by Crippen LogP contribution is 2.39. The largest absolute Gasteiger partial charge is 0.271 e. The van der Waals surface area contributed by atoms with Crippen molar-refractivity contribution in [1.29, 1.82) is 0 Å². The first-order valence-electron chi connectivity index (χ1n) is 7.23. The minimum atomic E-state index is 0.287. The summed E-state index contributed by atoms with van der Waals surface area (Å²) in [5.41, 5.74) is 4.37. The predicted molar refractivity (Wildman–Crippen MR) is 80.5 cm³/mol. The van der Waals surface area contributed by atoms with Gasteiger partial charge in [0.05, 0.1) is 0 Å². The van der Waals surface area contributed by atoms with Gasteiger partial charge >= 0.3 is 0 Å². The van der Waals surface area contributed by atoms with E-state index in [2.05, 4.69) is 54.8 Å². The van der Waals surface area contributed by atoms with Gasteiger partial charge in [-0.15, -0.1) is 0 Å². The van der Waals surface area contributed by atoms with Crippen molar-refractivity contribution in [3.8, 4) is 0 Å². The zero-order valence-corrected chi connectivity index (χ0v) is 11.5. The average molecular weight is 254 g/mol. The van der Waals surface area contributed by atoms with E-state index in [1.807, 2.05) is 0 Å². The van der Waals surface area contributed by atoms with Gasteiger partial charge in [0, 0.05) is 6.04 Å². The van der Waals surface area contributed by atoms with Gasteiger partial charge in [-0.1, -0.05) is 49.7 Å². The van der Waals surface area contributed by atoms with Crippen molar-refractivity contribution in [3.05, 3.63) is 48.0 Å². The van der Waals surface area contributed by atoms with Crippen molar-refractivity contribution >= 4 is 10.8 Å². The Bertz CT molecular complexity index is 564. The SMILES string of the molecule is CC1CCC(C(NN)c2ccc3ccccc3c2)C1. The summed E-state index contributed by atoms with van der Waals surface area (Å²) >= 11 is 0. The maximum atomic E-state index is 5.82. The van der Waals surface area contributed by atoms with Crippen LogP contribution >= 0.6 is 0 Å². The molecule has 2 aromatic rings. The van der Waals surface area contributed by atoms with E-state index in [9.17, 15) is 0 Å². The van der Waals surface area contributed by atoms with Crippen LogP contribution in [0.25, 0.3) is 10.8 Å². The van der Waals surface area contributed by atoms with Crippen molar-refractivity contribution < 1.29 is 0 Å². The van der Waals surface area contributed by atoms with Crippen LogP contribution in [0.1, 0.15) is 37.8 Å². The van der Waals surface area contributed by atoms with Gasteiger partial charge in [0.2, 0.25) is 0 Å². The van der Waals surface area contributed by atoms with Crippen LogP contribution in [0.2, 0.25) is 0 Å². The van der Waals surface area contributed by atoms with Gasteiger partial charge < -0.3 is 0 Å². The second-order valence-electron chi connectivity index (χ2n) is 5.93. The van der Waals surface area contributed by atoms with Crippen LogP contribution in [-0.4, -0.2) is 0 Å². The highest BCUT2D eigenvalue weighted by atomic mass is 15.2. The number of nitrogens with two attached hydrogens (primary N) is 1. The Labute approximate surface area is 115 Å². The molecule has 1 aliphatic carbocycles. The van der Waals surface area contributed by atoms with E-state index in [0.717, 1.165) is 5.92 Å². The summed E-state index contributed by atoms with van der Waals surface area (Å²) in [5.74, 6) is 7.33. The number of rotatable bonds is 3. The normalized spacial score (nSPS) is 24.7. The zero-order valence-electron chi connectivity index (χ0n) is 11.5. The molecule has 0 aromatic heterocycles. The topological polar surface area (TPSA) is 38.0 Å². The van der Waals surface area contributed by atoms with Crippen LogP contribution in [0.4, 0.5) is 0 Å². The van der Waals surface area contributed by atoms with E-state index in [1.54, 1.807) is 0 Å². The molecule has 0 aliphatic heterocycles. The van der Waals surface area contributed by atoms with Crippen LogP contribution in [-0.2, 0) is 0 Å². The molecule has 2 nitrogen and oxygen atoms in total. The standard InChI is InChI=1S/C17H22N2/c1-12-6-7-15(10-12)17(19-18)16-9-8-13-4-2-3-5-14(13)11-16/h2-5,8-9,11-12,15,17,19H,6-7,10,18H2,1H3. The van der Waals surface area contributed by atoms with Crippen molar-refractivity contribution in [1.82, 2.24) is 5.43 Å². The Balaban J connectivity index is 1.92. The van der Waals surface area contributed by atoms with Crippen molar-refractivity contribution in [2.24, 2.45) is 17.7 Å². The summed E-state index contributed by atoms with van der Waals surface area (Å²) in [6, 6.07) is 15.5. The number of nitrogens with one attached hydrogen (secondary N) is 1. The lowest BCUT2D eigenvalue weighted by Gasteiger charge is -2.23. The molecular weight excluding hydrogens is 232 g/mol. The fraction of sp³-hybridized carbons (Fsp3) is 0.412. The molecule has 0 saturated heterocycles. The van der Waals surface area contributed by atoms with Gasteiger partial charge in [-0.2, -0.15) is 0 Å². The molecule has 1 fully saturated rings. The van der Waals surface area contributed by atoms with E-state index in [4.69, 9.17) is 5.84 Å². The molecule has 3 rings (SSSR count). The highest BCUT2D eigenvalue weighted by Gasteiger charge is 2.29. The van der Waals surface area contributed by atoms with Crippen molar-refractivity contribution in [2.75, 3.05) is 0 Å². The van der Waals surface area contributed by atoms with Gasteiger partial charge in [0.15, 0.2) is 0 Å². The summed E-state index contributed by atoms with van der Waals surface area (Å²) < 4.78 is 0. The highest BCUT2D eigenvalue weighted by molar-refractivity contribution is 5.83. The van der Waals surface area contributed by atoms with Gasteiger partial charge in [-0.3, -0.25) is 11.3 Å². The van der Waals surface area contributed by atoms with Crippen LogP contribution in [0.15, 0.2) is 42.5 Å². The minimum Gasteiger partial charge on any atom is -0.271 e. The fourth-order valence-corrected chi connectivity index (χ4v) is 3.46. The summed E-state index contributed by atoms with van der Waals surface area (Å²) in [7, 11) is 0. The molecule has 2 heteroatoms. The molecule has 0 heterocycles. The molecule has 3 atom stereocenters. The van der Waals surface area contributed by atoms with Crippen LogP contribution < -0.4 is 11.3 Å². The number of hydrogen-bond donors (Lipinski definition) is 2. The molecule has 3 unspecified atom stereocenters. The van der Waals surface area contributed by atoms with Crippen LogP contribution in [0, 0.1) is 11.8 Å². The number of fused-ring (bicyclic) bond motifs is 1. The Morgan fingerprint density at radius 1 is 1.11 bits per heavy atom. The summed E-state index contributed by atoms with van der Waals surface area (Å²) in [5, 5.41) is 2.59. The van der Waals surface area contributed by atoms with E-state index in [1.165, 1.54) is 35.6 Å². The zero-order chi connectivity index (χ0) is 13.2. The van der Waals surface area contributed by atoms with Gasteiger partial charge in [0.25, 0.3) is 0 Å². The number of benzene rings is 2. The molecule has 19 heavy (non-hydrogen) atoms. The molecule has 2 aromatic carbocycles. The van der Waals surface area contributed by atoms with Gasteiger partial charge in [-0.05, 0) is 47.1 Å². The summed E-state index contributed by atoms with van der Waals surface area (Å²) in [4.78, 5) is 0. The predicted octanol–water partition coefficient (Wildman–Crippen LogP) is 3.78. The first-order valence-corrected chi connectivity index (χ1v) is 7.23. The van der Waals surface area contributed by atoms with Gasteiger partial charge in [-0.25, -0.2) is 0 Å². The van der Waals surface area contributed by atoms with Crippen LogP contribution in [0.3, 0.4) is 0 Å². The maximum absolute atomic E-state index is 5.82. The van der Waals surface area contributed by atoms with Crippen molar-refractivity contribution in [2.45, 2.75) is 32.2 Å². The quantitative estimate of drug-likeness (QED) is 0.646. The van der Waals surface area contributed by atoms with E-state index < -0.39 is 0 Å². The molecule has 1 saturated carbocycles. The molecule has 0 bridgehead atoms.